The maximum Gasteiger partial charge on any atom is 0.137 e. The molecule has 3 nitrogen and oxygen atoms in total. The largest absolute Gasteiger partial charge is 0.382 e. The van der Waals surface area contributed by atoms with Gasteiger partial charge in [0.2, 0.25) is 0 Å². The van der Waals surface area contributed by atoms with Crippen LogP contribution in [0.1, 0.15) is 17.4 Å². The number of hydrogen-bond donors (Lipinski definition) is 1. The van der Waals surface area contributed by atoms with Crippen molar-refractivity contribution in [3.8, 4) is 0 Å². The molecule has 2 rings (SSSR count). The molecule has 0 amide bonds. The lowest BCUT2D eigenvalue weighted by Crippen LogP contribution is -2.02. The van der Waals surface area contributed by atoms with Crippen LogP contribution in [-0.4, -0.2) is 15.1 Å². The zero-order valence-electron chi connectivity index (χ0n) is 8.14. The second-order valence-electron chi connectivity index (χ2n) is 3.21. The molecular formula is C11H8BrFN2O. The topological polar surface area (TPSA) is 46.0 Å². The number of rotatable bonds is 2. The Labute approximate surface area is 100 Å². The standard InChI is InChI=1S/C11H8BrFN2O/c12-8-5-7(1-2-9(8)13)11(16)10-6-14-3-4-15-10/h1-6,11,16H. The smallest absolute Gasteiger partial charge is 0.137 e. The average Bonchev–Trinajstić information content (AvgIpc) is 2.33. The summed E-state index contributed by atoms with van der Waals surface area (Å²) in [5, 5.41) is 9.96. The Morgan fingerprint density at radius 3 is 2.75 bits per heavy atom. The van der Waals surface area contributed by atoms with Crippen LogP contribution in [-0.2, 0) is 0 Å². The fraction of sp³-hybridized carbons (Fsp3) is 0.0909. The zero-order chi connectivity index (χ0) is 11.5. The molecule has 0 spiro atoms. The third-order valence-corrected chi connectivity index (χ3v) is 2.73. The number of aliphatic hydroxyl groups is 1. The van der Waals surface area contributed by atoms with Gasteiger partial charge in [-0.1, -0.05) is 6.07 Å². The van der Waals surface area contributed by atoms with Crippen LogP contribution in [0.15, 0.2) is 41.3 Å². The van der Waals surface area contributed by atoms with Gasteiger partial charge in [0.1, 0.15) is 11.9 Å². The molecule has 1 heterocycles. The summed E-state index contributed by atoms with van der Waals surface area (Å²) in [6, 6.07) is 4.33. The Kier molecular flexibility index (Phi) is 3.26. The van der Waals surface area contributed by atoms with Crippen molar-refractivity contribution in [2.75, 3.05) is 0 Å². The maximum absolute atomic E-state index is 13.0. The van der Waals surface area contributed by atoms with E-state index in [-0.39, 0.29) is 5.82 Å². The van der Waals surface area contributed by atoms with Crippen molar-refractivity contribution >= 4 is 15.9 Å². The molecule has 1 atom stereocenters. The highest BCUT2D eigenvalue weighted by Crippen LogP contribution is 2.24. The van der Waals surface area contributed by atoms with Gasteiger partial charge >= 0.3 is 0 Å². The lowest BCUT2D eigenvalue weighted by molar-refractivity contribution is 0.214. The minimum Gasteiger partial charge on any atom is -0.382 e. The molecule has 82 valence electrons. The Morgan fingerprint density at radius 1 is 1.31 bits per heavy atom. The van der Waals surface area contributed by atoms with Gasteiger partial charge < -0.3 is 5.11 Å². The van der Waals surface area contributed by atoms with E-state index in [0.29, 0.717) is 15.7 Å². The number of aromatic nitrogens is 2. The number of halogens is 2. The van der Waals surface area contributed by atoms with Crippen molar-refractivity contribution < 1.29 is 9.50 Å². The van der Waals surface area contributed by atoms with Crippen molar-refractivity contribution in [2.24, 2.45) is 0 Å². The Bertz CT molecular complexity index is 493. The summed E-state index contributed by atoms with van der Waals surface area (Å²) >= 11 is 3.06. The van der Waals surface area contributed by atoms with E-state index >= 15 is 0 Å². The van der Waals surface area contributed by atoms with Crippen LogP contribution in [0.5, 0.6) is 0 Å². The van der Waals surface area contributed by atoms with Crippen LogP contribution >= 0.6 is 15.9 Å². The molecule has 1 unspecified atom stereocenters. The van der Waals surface area contributed by atoms with Gasteiger partial charge in [0.15, 0.2) is 0 Å². The van der Waals surface area contributed by atoms with E-state index in [4.69, 9.17) is 0 Å². The molecule has 0 saturated heterocycles. The van der Waals surface area contributed by atoms with Crippen LogP contribution in [0.2, 0.25) is 0 Å². The summed E-state index contributed by atoms with van der Waals surface area (Å²) in [5.74, 6) is -0.366. The summed E-state index contributed by atoms with van der Waals surface area (Å²) < 4.78 is 13.3. The van der Waals surface area contributed by atoms with Gasteiger partial charge in [-0.2, -0.15) is 0 Å². The zero-order valence-corrected chi connectivity index (χ0v) is 9.73. The number of benzene rings is 1. The number of aliphatic hydroxyl groups excluding tert-OH is 1. The van der Waals surface area contributed by atoms with E-state index in [9.17, 15) is 9.50 Å². The molecule has 1 aromatic heterocycles. The highest BCUT2D eigenvalue weighted by molar-refractivity contribution is 9.10. The molecule has 1 aromatic carbocycles. The highest BCUT2D eigenvalue weighted by atomic mass is 79.9. The molecular weight excluding hydrogens is 275 g/mol. The summed E-state index contributed by atoms with van der Waals surface area (Å²) in [7, 11) is 0. The minimum absolute atomic E-state index is 0.313. The summed E-state index contributed by atoms with van der Waals surface area (Å²) in [4.78, 5) is 7.85. The van der Waals surface area contributed by atoms with Crippen molar-refractivity contribution in [1.82, 2.24) is 9.97 Å². The first-order valence-electron chi connectivity index (χ1n) is 4.57. The minimum atomic E-state index is -0.898. The lowest BCUT2D eigenvalue weighted by Gasteiger charge is -2.10. The molecule has 16 heavy (non-hydrogen) atoms. The normalized spacial score (nSPS) is 12.4. The van der Waals surface area contributed by atoms with E-state index in [1.807, 2.05) is 0 Å². The van der Waals surface area contributed by atoms with Crippen molar-refractivity contribution in [3.63, 3.8) is 0 Å². The Balaban J connectivity index is 2.34. The first-order valence-corrected chi connectivity index (χ1v) is 5.36. The molecule has 0 bridgehead atoms. The first kappa shape index (κ1) is 11.2. The van der Waals surface area contributed by atoms with Gasteiger partial charge in [0, 0.05) is 12.4 Å². The molecule has 0 aliphatic heterocycles. The second kappa shape index (κ2) is 4.67. The predicted octanol–water partition coefficient (Wildman–Crippen LogP) is 2.46. The molecule has 2 aromatic rings. The van der Waals surface area contributed by atoms with Crippen molar-refractivity contribution in [2.45, 2.75) is 6.10 Å². The second-order valence-corrected chi connectivity index (χ2v) is 4.06. The SMILES string of the molecule is OC(c1ccc(F)c(Br)c1)c1cnccn1. The van der Waals surface area contributed by atoms with Crippen LogP contribution in [0, 0.1) is 5.82 Å². The first-order chi connectivity index (χ1) is 7.68. The van der Waals surface area contributed by atoms with E-state index < -0.39 is 6.10 Å². The summed E-state index contributed by atoms with van der Waals surface area (Å²) in [6.45, 7) is 0. The van der Waals surface area contributed by atoms with Crippen LogP contribution in [0.4, 0.5) is 4.39 Å². The van der Waals surface area contributed by atoms with Gasteiger partial charge in [-0.15, -0.1) is 0 Å². The summed E-state index contributed by atoms with van der Waals surface area (Å²) in [5.41, 5.74) is 0.995. The molecule has 0 fully saturated rings. The molecule has 1 N–H and O–H groups in total. The van der Waals surface area contributed by atoms with E-state index in [0.717, 1.165) is 0 Å². The highest BCUT2D eigenvalue weighted by Gasteiger charge is 2.13. The van der Waals surface area contributed by atoms with Crippen LogP contribution < -0.4 is 0 Å². The third kappa shape index (κ3) is 2.25. The van der Waals surface area contributed by atoms with Gasteiger partial charge in [0.05, 0.1) is 16.4 Å². The van der Waals surface area contributed by atoms with Gasteiger partial charge in [-0.3, -0.25) is 9.97 Å². The fourth-order valence-corrected chi connectivity index (χ4v) is 1.70. The lowest BCUT2D eigenvalue weighted by atomic mass is 10.1. The third-order valence-electron chi connectivity index (χ3n) is 2.12. The van der Waals surface area contributed by atoms with Crippen LogP contribution in [0.25, 0.3) is 0 Å². The average molecular weight is 283 g/mol. The summed E-state index contributed by atoms with van der Waals surface area (Å²) in [6.07, 6.45) is 3.60. The van der Waals surface area contributed by atoms with Gasteiger partial charge in [-0.05, 0) is 33.6 Å². The van der Waals surface area contributed by atoms with E-state index in [2.05, 4.69) is 25.9 Å². The predicted molar refractivity (Wildman–Crippen MR) is 60.2 cm³/mol. The molecule has 0 aliphatic carbocycles. The Hall–Kier alpha value is -1.33. The molecule has 0 radical (unpaired) electrons. The molecule has 0 saturated carbocycles. The van der Waals surface area contributed by atoms with Gasteiger partial charge in [0.25, 0.3) is 0 Å². The van der Waals surface area contributed by atoms with Crippen molar-refractivity contribution in [3.05, 3.63) is 58.3 Å². The monoisotopic (exact) mass is 282 g/mol. The molecule has 5 heteroatoms. The van der Waals surface area contributed by atoms with E-state index in [1.54, 1.807) is 0 Å². The molecule has 0 aliphatic rings. The van der Waals surface area contributed by atoms with Crippen molar-refractivity contribution in [1.29, 1.82) is 0 Å². The van der Waals surface area contributed by atoms with Gasteiger partial charge in [-0.25, -0.2) is 4.39 Å². The van der Waals surface area contributed by atoms with E-state index in [1.165, 1.54) is 36.8 Å². The quantitative estimate of drug-likeness (QED) is 0.920. The Morgan fingerprint density at radius 2 is 2.12 bits per heavy atom. The number of hydrogen-bond acceptors (Lipinski definition) is 3. The number of nitrogens with zero attached hydrogens (tertiary/aromatic N) is 2. The fourth-order valence-electron chi connectivity index (χ4n) is 1.31. The maximum atomic E-state index is 13.0. The van der Waals surface area contributed by atoms with Crippen LogP contribution in [0.3, 0.4) is 0 Å².